The Morgan fingerprint density at radius 2 is 1.10 bits per heavy atom. The second-order valence-corrected chi connectivity index (χ2v) is 13.0. The van der Waals surface area contributed by atoms with Gasteiger partial charge in [-0.25, -0.2) is 0 Å². The van der Waals surface area contributed by atoms with E-state index in [4.69, 9.17) is 18.6 Å². The topological polar surface area (TPSA) is 25.8 Å². The molecule has 2 unspecified atom stereocenters. The number of hydrogen-bond donors (Lipinski definition) is 0. The van der Waals surface area contributed by atoms with Crippen molar-refractivity contribution >= 4 is 55.2 Å². The van der Waals surface area contributed by atoms with Gasteiger partial charge in [0.05, 0.1) is 0 Å². The maximum Gasteiger partial charge on any atom is 0.0488 e. The summed E-state index contributed by atoms with van der Waals surface area (Å²) in [4.78, 5) is 8.27. The summed E-state index contributed by atoms with van der Waals surface area (Å²) in [6.07, 6.45) is 3.78. The average molecular weight is 515 g/mol. The minimum absolute atomic E-state index is 0.259. The normalized spacial score (nSPS) is 11.4. The van der Waals surface area contributed by atoms with E-state index in [2.05, 4.69) is 94.4 Å². The van der Waals surface area contributed by atoms with Gasteiger partial charge in [0.15, 0.2) is 0 Å². The third kappa shape index (κ3) is 5.79. The second-order valence-electron chi connectivity index (χ2n) is 6.70. The SMILES string of the molecule is [Cl][Ti][Cl].c1ccc2[cH-]c(-p3ccnc3)cc2c1.c1ccc2[cH-]c(-p3ccnc3)cc2c1. The summed E-state index contributed by atoms with van der Waals surface area (Å²) in [7, 11) is 9.26. The summed E-state index contributed by atoms with van der Waals surface area (Å²) in [5.74, 6) is 8.46. The van der Waals surface area contributed by atoms with Crippen molar-refractivity contribution in [3.05, 3.63) is 109 Å². The fourth-order valence-electron chi connectivity index (χ4n) is 3.39. The molecule has 0 aliphatic carbocycles. The number of halogens is 2. The van der Waals surface area contributed by atoms with Crippen molar-refractivity contribution in [1.29, 1.82) is 0 Å². The Bertz CT molecular complexity index is 1170. The smallest absolute Gasteiger partial charge is 0.0488 e. The van der Waals surface area contributed by atoms with Crippen LogP contribution in [-0.2, 0) is 17.0 Å². The zero-order valence-electron chi connectivity index (χ0n) is 16.4. The molecule has 0 aliphatic rings. The molecule has 2 atom stereocenters. The van der Waals surface area contributed by atoms with Crippen LogP contribution < -0.4 is 0 Å². The molecule has 0 spiro atoms. The van der Waals surface area contributed by atoms with Gasteiger partial charge in [0.2, 0.25) is 0 Å². The Labute approximate surface area is 200 Å². The molecule has 2 heterocycles. The molecule has 0 radical (unpaired) electrons. The minimum atomic E-state index is -0.556. The average Bonchev–Trinajstić information content (AvgIpc) is 3.60. The molecular weight excluding hydrogens is 497 g/mol. The molecule has 6 aromatic rings. The molecule has 31 heavy (non-hydrogen) atoms. The summed E-state index contributed by atoms with van der Waals surface area (Å²) < 4.78 is 0. The Kier molecular flexibility index (Phi) is 8.23. The van der Waals surface area contributed by atoms with Crippen molar-refractivity contribution in [1.82, 2.24) is 9.97 Å². The molecule has 7 heteroatoms. The van der Waals surface area contributed by atoms with E-state index in [1.165, 1.54) is 32.2 Å². The number of aromatic nitrogens is 2. The van der Waals surface area contributed by atoms with Crippen LogP contribution in [0.1, 0.15) is 0 Å². The van der Waals surface area contributed by atoms with E-state index >= 15 is 0 Å². The van der Waals surface area contributed by atoms with Gasteiger partial charge >= 0.3 is 35.6 Å². The summed E-state index contributed by atoms with van der Waals surface area (Å²) in [6, 6.07) is 26.0. The molecule has 2 nitrogen and oxygen atoms in total. The first-order valence-corrected chi connectivity index (χ1v) is 16.8. The van der Waals surface area contributed by atoms with Crippen molar-refractivity contribution in [2.24, 2.45) is 0 Å². The predicted molar refractivity (Wildman–Crippen MR) is 134 cm³/mol. The Balaban J connectivity index is 0.000000133. The van der Waals surface area contributed by atoms with Crippen LogP contribution in [0.5, 0.6) is 0 Å². The van der Waals surface area contributed by atoms with Crippen LogP contribution in [0.4, 0.5) is 0 Å². The number of benzene rings is 2. The van der Waals surface area contributed by atoms with Crippen LogP contribution in [0, 0.1) is 0 Å². The van der Waals surface area contributed by atoms with E-state index in [0.717, 1.165) is 0 Å². The summed E-state index contributed by atoms with van der Waals surface area (Å²) >= 11 is -0.556. The van der Waals surface area contributed by atoms with Gasteiger partial charge in [0, 0.05) is 24.3 Å². The summed E-state index contributed by atoms with van der Waals surface area (Å²) in [6.45, 7) is 0. The van der Waals surface area contributed by atoms with Crippen LogP contribution in [-0.4, -0.2) is 9.97 Å². The molecule has 0 bridgehead atoms. The molecular formula is C24H18Cl2N2P2Ti-2. The molecule has 0 aliphatic heterocycles. The van der Waals surface area contributed by atoms with Crippen LogP contribution >= 0.6 is 33.7 Å². The first kappa shape index (κ1) is 22.6. The van der Waals surface area contributed by atoms with Gasteiger partial charge in [0.1, 0.15) is 0 Å². The van der Waals surface area contributed by atoms with Crippen molar-refractivity contribution in [3.8, 4) is 10.6 Å². The molecule has 0 fully saturated rings. The van der Waals surface area contributed by atoms with E-state index in [9.17, 15) is 0 Å². The Morgan fingerprint density at radius 3 is 1.45 bits per heavy atom. The van der Waals surface area contributed by atoms with Crippen LogP contribution in [0.15, 0.2) is 109 Å². The first-order valence-electron chi connectivity index (χ1n) is 9.52. The zero-order chi connectivity index (χ0) is 21.5. The Morgan fingerprint density at radius 1 is 0.677 bits per heavy atom. The van der Waals surface area contributed by atoms with Gasteiger partial charge in [0.25, 0.3) is 0 Å². The number of hydrogen-bond acceptors (Lipinski definition) is 2. The van der Waals surface area contributed by atoms with Crippen molar-refractivity contribution in [2.45, 2.75) is 0 Å². The van der Waals surface area contributed by atoms with E-state index in [1.54, 1.807) is 0 Å². The quantitative estimate of drug-likeness (QED) is 0.170. The number of rotatable bonds is 2. The third-order valence-electron chi connectivity index (χ3n) is 4.81. The molecule has 154 valence electrons. The number of fused-ring (bicyclic) bond motifs is 2. The molecule has 0 saturated heterocycles. The first-order chi connectivity index (χ1) is 15.3. The maximum absolute atomic E-state index is 4.89. The second kappa shape index (κ2) is 11.3. The fourth-order valence-corrected chi connectivity index (χ4v) is 6.19. The van der Waals surface area contributed by atoms with E-state index in [1.807, 2.05) is 24.3 Å². The Hall–Kier alpha value is -1.63. The van der Waals surface area contributed by atoms with Gasteiger partial charge in [-0.2, -0.15) is 12.1 Å². The summed E-state index contributed by atoms with van der Waals surface area (Å²) in [5.41, 5.74) is 0. The largest absolute Gasteiger partial charge is 0.260 e. The standard InChI is InChI=1S/2C12H9NP.2ClH.Ti/c2*1-2-4-11-8-12(7-10(11)3-1)14-6-5-13-9-14;;;/h2*1-9H;2*1H;/q2*-1;;;+2/p-2. The van der Waals surface area contributed by atoms with Gasteiger partial charge < -0.3 is 0 Å². The van der Waals surface area contributed by atoms with E-state index < -0.39 is 17.0 Å². The minimum Gasteiger partial charge on any atom is -0.260 e. The molecule has 2 aromatic heterocycles. The van der Waals surface area contributed by atoms with Crippen LogP contribution in [0.2, 0.25) is 0 Å². The molecule has 0 saturated carbocycles. The van der Waals surface area contributed by atoms with Crippen LogP contribution in [0.3, 0.4) is 0 Å². The molecule has 0 N–H and O–H groups in total. The third-order valence-corrected chi connectivity index (χ3v) is 8.19. The van der Waals surface area contributed by atoms with E-state index in [0.29, 0.717) is 0 Å². The predicted octanol–water partition coefficient (Wildman–Crippen LogP) is 9.24. The zero-order valence-corrected chi connectivity index (χ0v) is 21.3. The van der Waals surface area contributed by atoms with Crippen molar-refractivity contribution in [2.75, 3.05) is 0 Å². The fraction of sp³-hybridized carbons (Fsp3) is 0. The van der Waals surface area contributed by atoms with Gasteiger partial charge in [-0.3, -0.25) is 9.97 Å². The summed E-state index contributed by atoms with van der Waals surface area (Å²) in [5, 5.41) is 8.13. The molecule has 0 amide bonds. The van der Waals surface area contributed by atoms with Gasteiger partial charge in [-0.1, -0.05) is 37.8 Å². The van der Waals surface area contributed by atoms with Gasteiger partial charge in [-0.15, -0.1) is 70.1 Å². The van der Waals surface area contributed by atoms with E-state index in [-0.39, 0.29) is 15.1 Å². The van der Waals surface area contributed by atoms with Crippen molar-refractivity contribution < 1.29 is 17.0 Å². The monoisotopic (exact) mass is 514 g/mol. The maximum atomic E-state index is 4.89. The van der Waals surface area contributed by atoms with Gasteiger partial charge in [-0.05, 0) is 11.6 Å². The molecule has 4 aromatic carbocycles. The molecule has 6 rings (SSSR count). The van der Waals surface area contributed by atoms with Crippen LogP contribution in [0.25, 0.3) is 32.2 Å². The van der Waals surface area contributed by atoms with Crippen molar-refractivity contribution in [3.63, 3.8) is 0 Å². The number of nitrogens with zero attached hydrogens (tertiary/aromatic N) is 2.